The summed E-state index contributed by atoms with van der Waals surface area (Å²) in [5.41, 5.74) is 5.09. The molecule has 0 amide bonds. The number of nitrogen functional groups attached to an aromatic ring is 1. The molecule has 4 atom stereocenters. The van der Waals surface area contributed by atoms with Gasteiger partial charge in [-0.3, -0.25) is 4.57 Å². The third-order valence-electron chi connectivity index (χ3n) is 3.18. The summed E-state index contributed by atoms with van der Waals surface area (Å²) in [4.78, 5) is 36.2. The van der Waals surface area contributed by atoms with Crippen LogP contribution in [-0.4, -0.2) is 44.7 Å². The average molecular weight is 335 g/mol. The first-order valence-electron chi connectivity index (χ1n) is 6.13. The van der Waals surface area contributed by atoms with Crippen molar-refractivity contribution in [3.63, 3.8) is 0 Å². The van der Waals surface area contributed by atoms with Gasteiger partial charge in [0.2, 0.25) is 0 Å². The summed E-state index contributed by atoms with van der Waals surface area (Å²) in [7, 11) is -5.25. The van der Waals surface area contributed by atoms with Gasteiger partial charge in [0, 0.05) is 11.8 Å². The monoisotopic (exact) mass is 335 g/mol. The van der Waals surface area contributed by atoms with Crippen LogP contribution in [0, 0.1) is 6.92 Å². The molecule has 1 aromatic heterocycles. The number of ether oxygens (including phenoxy) is 1. The number of anilines is 1. The molecule has 4 N–H and O–H groups in total. The maximum absolute atomic E-state index is 11.8. The molecular formula is C10H14N3O8P-2. The highest BCUT2D eigenvalue weighted by Gasteiger charge is 2.44. The number of hydrogen-bond donors (Lipinski definition) is 3. The normalized spacial score (nSPS) is 29.0. The number of nitrogens with zero attached hydrogens (tertiary/aromatic N) is 2. The Labute approximate surface area is 124 Å². The second-order valence-corrected chi connectivity index (χ2v) is 5.94. The summed E-state index contributed by atoms with van der Waals surface area (Å²) in [5, 5.41) is 19.7. The first kappa shape index (κ1) is 17.0. The van der Waals surface area contributed by atoms with Gasteiger partial charge >= 0.3 is 5.69 Å². The van der Waals surface area contributed by atoms with Crippen LogP contribution in [0.4, 0.5) is 5.82 Å². The van der Waals surface area contributed by atoms with Crippen LogP contribution in [0.25, 0.3) is 0 Å². The molecule has 1 aliphatic heterocycles. The van der Waals surface area contributed by atoms with Crippen molar-refractivity contribution in [1.82, 2.24) is 9.55 Å². The number of phosphoric ester groups is 1. The molecular weight excluding hydrogens is 321 g/mol. The van der Waals surface area contributed by atoms with Crippen LogP contribution in [0.2, 0.25) is 0 Å². The van der Waals surface area contributed by atoms with E-state index in [1.54, 1.807) is 6.92 Å². The Hall–Kier alpha value is -1.33. The highest BCUT2D eigenvalue weighted by atomic mass is 31.2. The molecule has 1 aromatic rings. The zero-order valence-electron chi connectivity index (χ0n) is 11.4. The number of rotatable bonds is 4. The fourth-order valence-electron chi connectivity index (χ4n) is 2.02. The zero-order valence-corrected chi connectivity index (χ0v) is 12.3. The largest absolute Gasteiger partial charge is 0.790 e. The summed E-state index contributed by atoms with van der Waals surface area (Å²) in [6.07, 6.45) is -4.45. The first-order valence-corrected chi connectivity index (χ1v) is 7.59. The van der Waals surface area contributed by atoms with Crippen LogP contribution < -0.4 is 21.2 Å². The molecule has 1 saturated heterocycles. The molecule has 0 radical (unpaired) electrons. The standard InChI is InChI=1S/C10H16N3O8P/c1-4-2-13(10(16)12-8(4)11)9-7(15)6(14)5(21-9)3-20-22(17,18)19/h2,5-7,9,14-15H,3H2,1H3,(H2,11,12,16)(H2,17,18,19)/p-2/t5-,6-,7-,9-/m1/s1. The van der Waals surface area contributed by atoms with Gasteiger partial charge in [-0.2, -0.15) is 4.98 Å². The van der Waals surface area contributed by atoms with Gasteiger partial charge in [-0.1, -0.05) is 0 Å². The van der Waals surface area contributed by atoms with Crippen molar-refractivity contribution >= 4 is 13.6 Å². The Morgan fingerprint density at radius 1 is 1.50 bits per heavy atom. The molecule has 0 saturated carbocycles. The molecule has 2 rings (SSSR count). The van der Waals surface area contributed by atoms with E-state index in [1.165, 1.54) is 6.20 Å². The summed E-state index contributed by atoms with van der Waals surface area (Å²) in [6, 6.07) is 0. The predicted octanol–water partition coefficient (Wildman–Crippen LogP) is -3.40. The third-order valence-corrected chi connectivity index (χ3v) is 3.65. The maximum Gasteiger partial charge on any atom is 0.351 e. The Kier molecular flexibility index (Phi) is 4.68. The molecule has 0 aromatic carbocycles. The molecule has 2 heterocycles. The zero-order chi connectivity index (χ0) is 16.7. The first-order chi connectivity index (χ1) is 10.1. The highest BCUT2D eigenvalue weighted by Crippen LogP contribution is 2.32. The molecule has 1 aliphatic rings. The van der Waals surface area contributed by atoms with Crippen molar-refractivity contribution in [1.29, 1.82) is 0 Å². The second kappa shape index (κ2) is 6.05. The van der Waals surface area contributed by atoms with Gasteiger partial charge < -0.3 is 39.6 Å². The van der Waals surface area contributed by atoms with E-state index in [0.717, 1.165) is 4.57 Å². The van der Waals surface area contributed by atoms with Gasteiger partial charge in [0.25, 0.3) is 0 Å². The Morgan fingerprint density at radius 2 is 2.14 bits per heavy atom. The highest BCUT2D eigenvalue weighted by molar-refractivity contribution is 7.43. The van der Waals surface area contributed by atoms with Crippen molar-refractivity contribution in [3.8, 4) is 0 Å². The van der Waals surface area contributed by atoms with Crippen LogP contribution in [0.5, 0.6) is 0 Å². The van der Waals surface area contributed by atoms with Crippen LogP contribution in [0.15, 0.2) is 11.0 Å². The molecule has 0 unspecified atom stereocenters. The Bertz CT molecular complexity index is 658. The van der Waals surface area contributed by atoms with Crippen LogP contribution in [0.1, 0.15) is 11.8 Å². The lowest BCUT2D eigenvalue weighted by Gasteiger charge is -2.30. The Balaban J connectivity index is 2.22. The van der Waals surface area contributed by atoms with E-state index in [2.05, 4.69) is 9.51 Å². The number of phosphoric acid groups is 1. The smallest absolute Gasteiger partial charge is 0.351 e. The van der Waals surface area contributed by atoms with Crippen molar-refractivity contribution < 1.29 is 33.8 Å². The molecule has 1 fully saturated rings. The number of aliphatic hydroxyl groups excluding tert-OH is 2. The quantitative estimate of drug-likeness (QED) is 0.469. The van der Waals surface area contributed by atoms with E-state index in [9.17, 15) is 29.4 Å². The summed E-state index contributed by atoms with van der Waals surface area (Å²) < 4.78 is 20.6. The molecule has 11 nitrogen and oxygen atoms in total. The molecule has 0 aliphatic carbocycles. The third kappa shape index (κ3) is 3.52. The predicted molar refractivity (Wildman–Crippen MR) is 67.1 cm³/mol. The summed E-state index contributed by atoms with van der Waals surface area (Å²) >= 11 is 0. The van der Waals surface area contributed by atoms with Crippen LogP contribution in [0.3, 0.4) is 0 Å². The molecule has 124 valence electrons. The average Bonchev–Trinajstić information content (AvgIpc) is 2.68. The lowest BCUT2D eigenvalue weighted by Crippen LogP contribution is -2.36. The van der Waals surface area contributed by atoms with Crippen molar-refractivity contribution in [2.75, 3.05) is 12.3 Å². The Morgan fingerprint density at radius 3 is 2.73 bits per heavy atom. The molecule has 12 heteroatoms. The lowest BCUT2D eigenvalue weighted by molar-refractivity contribution is -0.343. The minimum absolute atomic E-state index is 0.00724. The number of hydrogen-bond acceptors (Lipinski definition) is 10. The second-order valence-electron chi connectivity index (χ2n) is 4.79. The molecule has 0 bridgehead atoms. The minimum atomic E-state index is -5.25. The van der Waals surface area contributed by atoms with Crippen molar-refractivity contribution in [2.24, 2.45) is 0 Å². The fraction of sp³-hybridized carbons (Fsp3) is 0.600. The van der Waals surface area contributed by atoms with E-state index in [4.69, 9.17) is 10.5 Å². The van der Waals surface area contributed by atoms with E-state index < -0.39 is 44.7 Å². The van der Waals surface area contributed by atoms with Crippen LogP contribution >= 0.6 is 7.82 Å². The van der Waals surface area contributed by atoms with Crippen molar-refractivity contribution in [2.45, 2.75) is 31.5 Å². The molecule has 0 spiro atoms. The lowest BCUT2D eigenvalue weighted by atomic mass is 10.1. The number of aliphatic hydroxyl groups is 2. The maximum atomic E-state index is 11.8. The van der Waals surface area contributed by atoms with Gasteiger partial charge in [-0.05, 0) is 6.92 Å². The summed E-state index contributed by atoms with van der Waals surface area (Å²) in [6.45, 7) is 0.789. The minimum Gasteiger partial charge on any atom is -0.790 e. The number of nitrogens with two attached hydrogens (primary N) is 1. The fourth-order valence-corrected chi connectivity index (χ4v) is 2.35. The van der Waals surface area contributed by atoms with Gasteiger partial charge in [-0.15, -0.1) is 0 Å². The van der Waals surface area contributed by atoms with Crippen LogP contribution in [-0.2, 0) is 13.8 Å². The topological polar surface area (TPSA) is 183 Å². The van der Waals surface area contributed by atoms with Gasteiger partial charge in [0.05, 0.1) is 14.4 Å². The van der Waals surface area contributed by atoms with E-state index in [-0.39, 0.29) is 5.82 Å². The summed E-state index contributed by atoms with van der Waals surface area (Å²) in [5.74, 6) is 0.00724. The van der Waals surface area contributed by atoms with E-state index in [0.29, 0.717) is 5.56 Å². The van der Waals surface area contributed by atoms with Gasteiger partial charge in [0.15, 0.2) is 6.23 Å². The van der Waals surface area contributed by atoms with E-state index >= 15 is 0 Å². The van der Waals surface area contributed by atoms with Gasteiger partial charge in [-0.25, -0.2) is 4.79 Å². The number of aromatic nitrogens is 2. The van der Waals surface area contributed by atoms with E-state index in [1.807, 2.05) is 0 Å². The number of aryl methyl sites for hydroxylation is 1. The van der Waals surface area contributed by atoms with Crippen molar-refractivity contribution in [3.05, 3.63) is 22.2 Å². The van der Waals surface area contributed by atoms with Gasteiger partial charge in [0.1, 0.15) is 24.1 Å². The SMILES string of the molecule is Cc1cn([C@@H]2O[C@H](COP(=O)([O-])[O-])[C@@H](O)[C@H]2O)c(=O)nc1N. The molecule has 22 heavy (non-hydrogen) atoms.